The molecule has 1 amide bonds. The normalized spacial score (nSPS) is 14.7. The van der Waals surface area contributed by atoms with Crippen molar-refractivity contribution in [2.45, 2.75) is 31.8 Å². The lowest BCUT2D eigenvalue weighted by Gasteiger charge is -2.14. The number of hydrogen-bond acceptors (Lipinski definition) is 3. The van der Waals surface area contributed by atoms with E-state index in [1.165, 1.54) is 25.2 Å². The standard InChI is InChI=1S/C17H18N2O3/c20-17(13-5-4-10-19(21)12-13)18-14-6-3-9-16(11-14)22-15-7-1-2-8-15/h3-6,9-12,15H,1-2,7-8H2,(H,18,20). The van der Waals surface area contributed by atoms with Crippen LogP contribution in [0.1, 0.15) is 36.0 Å². The average Bonchev–Trinajstić information content (AvgIpc) is 3.00. The number of benzene rings is 1. The zero-order valence-electron chi connectivity index (χ0n) is 12.2. The molecule has 0 aliphatic heterocycles. The van der Waals surface area contributed by atoms with E-state index in [9.17, 15) is 10.0 Å². The Bertz CT molecular complexity index is 666. The van der Waals surface area contributed by atoms with Gasteiger partial charge in [0.1, 0.15) is 11.3 Å². The van der Waals surface area contributed by atoms with Gasteiger partial charge in [-0.2, -0.15) is 4.73 Å². The monoisotopic (exact) mass is 298 g/mol. The van der Waals surface area contributed by atoms with Gasteiger partial charge < -0.3 is 15.3 Å². The van der Waals surface area contributed by atoms with E-state index >= 15 is 0 Å². The van der Waals surface area contributed by atoms with Crippen LogP contribution >= 0.6 is 0 Å². The molecule has 5 nitrogen and oxygen atoms in total. The Morgan fingerprint density at radius 1 is 1.23 bits per heavy atom. The molecule has 0 bridgehead atoms. The van der Waals surface area contributed by atoms with Gasteiger partial charge in [-0.15, -0.1) is 0 Å². The topological polar surface area (TPSA) is 65.3 Å². The van der Waals surface area contributed by atoms with Gasteiger partial charge in [-0.25, -0.2) is 0 Å². The van der Waals surface area contributed by atoms with Crippen LogP contribution in [-0.4, -0.2) is 12.0 Å². The molecule has 1 aromatic heterocycles. The molecule has 1 heterocycles. The van der Waals surface area contributed by atoms with Crippen LogP contribution in [0, 0.1) is 5.21 Å². The highest BCUT2D eigenvalue weighted by atomic mass is 16.5. The van der Waals surface area contributed by atoms with Crippen LogP contribution in [0.25, 0.3) is 0 Å². The Kier molecular flexibility index (Phi) is 4.23. The van der Waals surface area contributed by atoms with Gasteiger partial charge in [-0.3, -0.25) is 4.79 Å². The third-order valence-electron chi connectivity index (χ3n) is 3.73. The Hall–Kier alpha value is -2.56. The Balaban J connectivity index is 1.68. The summed E-state index contributed by atoms with van der Waals surface area (Å²) in [6.07, 6.45) is 7.46. The van der Waals surface area contributed by atoms with Crippen molar-refractivity contribution in [3.8, 4) is 5.75 Å². The molecule has 1 fully saturated rings. The molecule has 3 rings (SSSR count). The van der Waals surface area contributed by atoms with Crippen LogP contribution < -0.4 is 14.8 Å². The third-order valence-corrected chi connectivity index (χ3v) is 3.73. The van der Waals surface area contributed by atoms with Gasteiger partial charge in [0, 0.05) is 17.8 Å². The minimum absolute atomic E-state index is 0.277. The van der Waals surface area contributed by atoms with Crippen molar-refractivity contribution < 1.29 is 14.3 Å². The van der Waals surface area contributed by atoms with Crippen molar-refractivity contribution in [1.82, 2.24) is 0 Å². The van der Waals surface area contributed by atoms with Gasteiger partial charge in [0.05, 0.1) is 6.10 Å². The fraction of sp³-hybridized carbons (Fsp3) is 0.294. The smallest absolute Gasteiger partial charge is 0.261 e. The Morgan fingerprint density at radius 2 is 2.05 bits per heavy atom. The maximum atomic E-state index is 12.1. The summed E-state index contributed by atoms with van der Waals surface area (Å²) < 4.78 is 6.52. The molecule has 1 N–H and O–H groups in total. The SMILES string of the molecule is O=C(Nc1cccc(OC2CCCC2)c1)c1ccc[n+]([O-])c1. The number of nitrogens with one attached hydrogen (secondary N) is 1. The first-order valence-corrected chi connectivity index (χ1v) is 7.47. The fourth-order valence-corrected chi connectivity index (χ4v) is 2.64. The molecule has 2 aromatic rings. The highest BCUT2D eigenvalue weighted by Gasteiger charge is 2.16. The lowest BCUT2D eigenvalue weighted by atomic mass is 10.2. The number of aromatic nitrogens is 1. The van der Waals surface area contributed by atoms with Crippen LogP contribution in [0.5, 0.6) is 5.75 Å². The van der Waals surface area contributed by atoms with Crippen LogP contribution in [0.2, 0.25) is 0 Å². The van der Waals surface area contributed by atoms with Gasteiger partial charge >= 0.3 is 0 Å². The molecule has 0 unspecified atom stereocenters. The first-order chi connectivity index (χ1) is 10.7. The van der Waals surface area contributed by atoms with Crippen molar-refractivity contribution in [3.05, 3.63) is 59.6 Å². The first-order valence-electron chi connectivity index (χ1n) is 7.47. The van der Waals surface area contributed by atoms with E-state index in [4.69, 9.17) is 4.74 Å². The Morgan fingerprint density at radius 3 is 2.82 bits per heavy atom. The predicted octanol–water partition coefficient (Wildman–Crippen LogP) is 2.89. The molecule has 1 aliphatic carbocycles. The number of carbonyl (C=O) groups is 1. The summed E-state index contributed by atoms with van der Waals surface area (Å²) in [6.45, 7) is 0. The van der Waals surface area contributed by atoms with Gasteiger partial charge in [0.2, 0.25) is 0 Å². The minimum Gasteiger partial charge on any atom is -0.619 e. The van der Waals surface area contributed by atoms with Crippen molar-refractivity contribution in [2.75, 3.05) is 5.32 Å². The van der Waals surface area contributed by atoms with E-state index in [1.807, 2.05) is 18.2 Å². The van der Waals surface area contributed by atoms with E-state index in [-0.39, 0.29) is 12.0 Å². The fourth-order valence-electron chi connectivity index (χ4n) is 2.64. The second-order valence-corrected chi connectivity index (χ2v) is 5.46. The molecular formula is C17H18N2O3. The number of anilines is 1. The maximum Gasteiger partial charge on any atom is 0.261 e. The highest BCUT2D eigenvalue weighted by molar-refractivity contribution is 6.03. The van der Waals surface area contributed by atoms with Gasteiger partial charge in [-0.05, 0) is 43.9 Å². The predicted molar refractivity (Wildman–Crippen MR) is 82.7 cm³/mol. The summed E-state index contributed by atoms with van der Waals surface area (Å²) in [4.78, 5) is 12.1. The van der Waals surface area contributed by atoms with E-state index in [0.29, 0.717) is 16.0 Å². The molecule has 22 heavy (non-hydrogen) atoms. The summed E-state index contributed by atoms with van der Waals surface area (Å²) in [7, 11) is 0. The zero-order valence-corrected chi connectivity index (χ0v) is 12.2. The van der Waals surface area contributed by atoms with Crippen LogP contribution in [0.4, 0.5) is 5.69 Å². The molecule has 5 heteroatoms. The number of ether oxygens (including phenoxy) is 1. The summed E-state index contributed by atoms with van der Waals surface area (Å²) in [5.74, 6) is 0.444. The van der Waals surface area contributed by atoms with Crippen molar-refractivity contribution in [1.29, 1.82) is 0 Å². The van der Waals surface area contributed by atoms with Crippen LogP contribution in [-0.2, 0) is 0 Å². The number of hydrogen-bond donors (Lipinski definition) is 1. The van der Waals surface area contributed by atoms with Gasteiger partial charge in [0.25, 0.3) is 5.91 Å². The average molecular weight is 298 g/mol. The third kappa shape index (κ3) is 3.55. The summed E-state index contributed by atoms with van der Waals surface area (Å²) >= 11 is 0. The minimum atomic E-state index is -0.316. The van der Waals surface area contributed by atoms with Crippen LogP contribution in [0.3, 0.4) is 0 Å². The number of rotatable bonds is 4. The Labute approximate surface area is 129 Å². The molecule has 0 atom stereocenters. The van der Waals surface area contributed by atoms with Crippen LogP contribution in [0.15, 0.2) is 48.8 Å². The second kappa shape index (κ2) is 6.47. The summed E-state index contributed by atoms with van der Waals surface area (Å²) in [5, 5.41) is 14.0. The summed E-state index contributed by atoms with van der Waals surface area (Å²) in [5.41, 5.74) is 0.974. The van der Waals surface area contributed by atoms with E-state index in [0.717, 1.165) is 18.6 Å². The molecule has 1 aliphatic rings. The van der Waals surface area contributed by atoms with Crippen molar-refractivity contribution in [2.24, 2.45) is 0 Å². The molecule has 1 saturated carbocycles. The maximum absolute atomic E-state index is 12.1. The van der Waals surface area contributed by atoms with E-state index in [1.54, 1.807) is 18.2 Å². The van der Waals surface area contributed by atoms with Crippen molar-refractivity contribution >= 4 is 11.6 Å². The zero-order chi connectivity index (χ0) is 15.4. The number of carbonyl (C=O) groups excluding carboxylic acids is 1. The first kappa shape index (κ1) is 14.4. The van der Waals surface area contributed by atoms with E-state index in [2.05, 4.69) is 5.32 Å². The quantitative estimate of drug-likeness (QED) is 0.697. The van der Waals surface area contributed by atoms with Gasteiger partial charge in [-0.1, -0.05) is 6.07 Å². The number of pyridine rings is 1. The van der Waals surface area contributed by atoms with E-state index < -0.39 is 0 Å². The number of nitrogens with zero attached hydrogens (tertiary/aromatic N) is 1. The molecule has 0 radical (unpaired) electrons. The lowest BCUT2D eigenvalue weighted by molar-refractivity contribution is -0.605. The molecular weight excluding hydrogens is 280 g/mol. The van der Waals surface area contributed by atoms with Crippen molar-refractivity contribution in [3.63, 3.8) is 0 Å². The molecule has 114 valence electrons. The summed E-state index contributed by atoms with van der Waals surface area (Å²) in [6, 6.07) is 10.5. The largest absolute Gasteiger partial charge is 0.619 e. The molecule has 0 spiro atoms. The lowest BCUT2D eigenvalue weighted by Crippen LogP contribution is -2.27. The molecule has 0 saturated heterocycles. The van der Waals surface area contributed by atoms with Gasteiger partial charge in [0.15, 0.2) is 12.4 Å². The highest BCUT2D eigenvalue weighted by Crippen LogP contribution is 2.25. The number of amides is 1. The second-order valence-electron chi connectivity index (χ2n) is 5.46. The molecule has 1 aromatic carbocycles.